The predicted molar refractivity (Wildman–Crippen MR) is 175 cm³/mol. The Bertz CT molecular complexity index is 498. The summed E-state index contributed by atoms with van der Waals surface area (Å²) in [5.41, 5.74) is 0.672. The van der Waals surface area contributed by atoms with Crippen LogP contribution in [0.15, 0.2) is 12.2 Å². The van der Waals surface area contributed by atoms with Crippen molar-refractivity contribution in [1.82, 2.24) is 0 Å². The summed E-state index contributed by atoms with van der Waals surface area (Å²) in [6.07, 6.45) is 41.6. The van der Waals surface area contributed by atoms with Crippen molar-refractivity contribution in [2.45, 2.75) is 213 Å². The predicted octanol–water partition coefficient (Wildman–Crippen LogP) is 13.2. The van der Waals surface area contributed by atoms with Gasteiger partial charge in [-0.25, -0.2) is 4.79 Å². The van der Waals surface area contributed by atoms with Gasteiger partial charge in [0.05, 0.1) is 6.61 Å². The summed E-state index contributed by atoms with van der Waals surface area (Å²) in [5, 5.41) is 0. The van der Waals surface area contributed by atoms with E-state index in [4.69, 9.17) is 4.74 Å². The Morgan fingerprint density at radius 2 is 0.667 bits per heavy atom. The highest BCUT2D eigenvalue weighted by Gasteiger charge is 2.08. The molecule has 0 rings (SSSR count). The second kappa shape index (κ2) is 33.4. The molecule has 0 aromatic carbocycles. The van der Waals surface area contributed by atoms with Crippen LogP contribution < -0.4 is 0 Å². The van der Waals surface area contributed by atoms with Crippen LogP contribution >= 0.6 is 0 Å². The van der Waals surface area contributed by atoms with Gasteiger partial charge in [0.2, 0.25) is 0 Å². The first-order chi connectivity index (χ1) is 19.2. The molecule has 0 aliphatic carbocycles. The zero-order chi connectivity index (χ0) is 28.5. The van der Waals surface area contributed by atoms with E-state index in [0.29, 0.717) is 12.2 Å². The van der Waals surface area contributed by atoms with Gasteiger partial charge in [0.25, 0.3) is 0 Å². The Balaban J connectivity index is 3.27. The molecular formula is C37H72O2. The maximum Gasteiger partial charge on any atom is 0.333 e. The fraction of sp³-hybridized carbons (Fsp3) is 0.919. The van der Waals surface area contributed by atoms with Gasteiger partial charge in [-0.05, 0) is 19.3 Å². The summed E-state index contributed by atoms with van der Waals surface area (Å²) < 4.78 is 5.45. The van der Waals surface area contributed by atoms with Crippen LogP contribution in [0.5, 0.6) is 0 Å². The second-order valence-corrected chi connectivity index (χ2v) is 12.4. The minimum Gasteiger partial charge on any atom is -0.462 e. The van der Waals surface area contributed by atoms with Crippen molar-refractivity contribution in [2.24, 2.45) is 0 Å². The van der Waals surface area contributed by atoms with Gasteiger partial charge in [-0.2, -0.15) is 0 Å². The molecule has 232 valence electrons. The van der Waals surface area contributed by atoms with E-state index in [1.165, 1.54) is 180 Å². The molecule has 0 saturated carbocycles. The number of carbonyl (C=O) groups excluding carboxylic acids is 1. The Hall–Kier alpha value is -0.790. The number of esters is 1. The maximum absolute atomic E-state index is 12.1. The molecule has 2 heteroatoms. The van der Waals surface area contributed by atoms with Crippen LogP contribution in [0.3, 0.4) is 0 Å². The van der Waals surface area contributed by atoms with Crippen LogP contribution in [0.2, 0.25) is 0 Å². The normalized spacial score (nSPS) is 11.2. The molecule has 0 aromatic heterocycles. The number of hydrogen-bond donors (Lipinski definition) is 0. The third-order valence-electron chi connectivity index (χ3n) is 8.35. The fourth-order valence-electron chi connectivity index (χ4n) is 5.55. The quantitative estimate of drug-likeness (QED) is 0.0463. The number of hydrogen-bond acceptors (Lipinski definition) is 2. The van der Waals surface area contributed by atoms with Gasteiger partial charge < -0.3 is 4.74 Å². The molecule has 0 aliphatic rings. The monoisotopic (exact) mass is 549 g/mol. The van der Waals surface area contributed by atoms with Crippen LogP contribution in [0.4, 0.5) is 0 Å². The first-order valence-electron chi connectivity index (χ1n) is 18.1. The second-order valence-electron chi connectivity index (χ2n) is 12.4. The molecule has 0 radical (unpaired) electrons. The summed E-state index contributed by atoms with van der Waals surface area (Å²) >= 11 is 0. The Kier molecular flexibility index (Phi) is 32.7. The van der Waals surface area contributed by atoms with Gasteiger partial charge in [0.15, 0.2) is 0 Å². The zero-order valence-electron chi connectivity index (χ0n) is 27.2. The van der Waals surface area contributed by atoms with Crippen LogP contribution in [-0.4, -0.2) is 12.6 Å². The van der Waals surface area contributed by atoms with Crippen molar-refractivity contribution in [3.63, 3.8) is 0 Å². The minimum absolute atomic E-state index is 0.161. The molecule has 0 aliphatic heterocycles. The molecule has 0 bridgehead atoms. The molecule has 0 atom stereocenters. The summed E-state index contributed by atoms with van der Waals surface area (Å²) in [7, 11) is 0. The van der Waals surface area contributed by atoms with Gasteiger partial charge in [0, 0.05) is 5.57 Å². The molecule has 2 nitrogen and oxygen atoms in total. The average Bonchev–Trinajstić information content (AvgIpc) is 2.94. The number of unbranched alkanes of at least 4 members (excludes halogenated alkanes) is 28. The highest BCUT2D eigenvalue weighted by molar-refractivity contribution is 5.87. The summed E-state index contributed by atoms with van der Waals surface area (Å²) in [6.45, 7) is 9.11. The van der Waals surface area contributed by atoms with E-state index >= 15 is 0 Å². The summed E-state index contributed by atoms with van der Waals surface area (Å²) in [4.78, 5) is 12.1. The van der Waals surface area contributed by atoms with Crippen LogP contribution in [0, 0.1) is 0 Å². The SMILES string of the molecule is C=C(CCCCCCCCCCCCCCCCCC)C(=O)OCCCCCCCCCCCCCCCC. The number of ether oxygens (including phenoxy) is 1. The molecule has 0 aromatic rings. The average molecular weight is 549 g/mol. The minimum atomic E-state index is -0.161. The van der Waals surface area contributed by atoms with Crippen molar-refractivity contribution in [3.05, 3.63) is 12.2 Å². The maximum atomic E-state index is 12.1. The molecule has 0 saturated heterocycles. The molecule has 0 spiro atoms. The Morgan fingerprint density at radius 3 is 0.974 bits per heavy atom. The van der Waals surface area contributed by atoms with Crippen molar-refractivity contribution < 1.29 is 9.53 Å². The van der Waals surface area contributed by atoms with Crippen LogP contribution in [-0.2, 0) is 9.53 Å². The van der Waals surface area contributed by atoms with Gasteiger partial charge in [-0.15, -0.1) is 0 Å². The molecule has 39 heavy (non-hydrogen) atoms. The summed E-state index contributed by atoms with van der Waals surface area (Å²) in [6, 6.07) is 0. The van der Waals surface area contributed by atoms with Crippen molar-refractivity contribution >= 4 is 5.97 Å². The van der Waals surface area contributed by atoms with E-state index in [2.05, 4.69) is 20.4 Å². The molecule has 0 amide bonds. The fourth-order valence-corrected chi connectivity index (χ4v) is 5.55. The van der Waals surface area contributed by atoms with Crippen molar-refractivity contribution in [3.8, 4) is 0 Å². The zero-order valence-corrected chi connectivity index (χ0v) is 27.2. The van der Waals surface area contributed by atoms with Crippen LogP contribution in [0.1, 0.15) is 213 Å². The highest BCUT2D eigenvalue weighted by atomic mass is 16.5. The standard InChI is InChI=1S/C37H72O2/c1-4-6-8-10-12-14-16-18-20-21-22-24-26-28-30-32-34-36(3)37(38)39-35-33-31-29-27-25-23-19-17-15-13-11-9-7-5-2/h3-35H2,1-2H3. The lowest BCUT2D eigenvalue weighted by molar-refractivity contribution is -0.139. The smallest absolute Gasteiger partial charge is 0.333 e. The Morgan fingerprint density at radius 1 is 0.410 bits per heavy atom. The van der Waals surface area contributed by atoms with Crippen molar-refractivity contribution in [2.75, 3.05) is 6.61 Å². The number of rotatable bonds is 33. The largest absolute Gasteiger partial charge is 0.462 e. The van der Waals surface area contributed by atoms with Gasteiger partial charge in [0.1, 0.15) is 0 Å². The highest BCUT2D eigenvalue weighted by Crippen LogP contribution is 2.16. The topological polar surface area (TPSA) is 26.3 Å². The first-order valence-corrected chi connectivity index (χ1v) is 18.1. The van der Waals surface area contributed by atoms with E-state index in [-0.39, 0.29) is 5.97 Å². The van der Waals surface area contributed by atoms with E-state index in [9.17, 15) is 4.79 Å². The van der Waals surface area contributed by atoms with E-state index < -0.39 is 0 Å². The first kappa shape index (κ1) is 38.2. The van der Waals surface area contributed by atoms with Crippen LogP contribution in [0.25, 0.3) is 0 Å². The lowest BCUT2D eigenvalue weighted by Gasteiger charge is -2.07. The lowest BCUT2D eigenvalue weighted by atomic mass is 10.0. The van der Waals surface area contributed by atoms with E-state index in [1.54, 1.807) is 0 Å². The van der Waals surface area contributed by atoms with Gasteiger partial charge in [-0.3, -0.25) is 0 Å². The number of carbonyl (C=O) groups is 1. The van der Waals surface area contributed by atoms with Gasteiger partial charge >= 0.3 is 5.97 Å². The third kappa shape index (κ3) is 31.6. The molecule has 0 N–H and O–H groups in total. The summed E-state index contributed by atoms with van der Waals surface area (Å²) in [5.74, 6) is -0.161. The molecular weight excluding hydrogens is 476 g/mol. The van der Waals surface area contributed by atoms with E-state index in [1.807, 2.05) is 0 Å². The lowest BCUT2D eigenvalue weighted by Crippen LogP contribution is -2.08. The molecule has 0 fully saturated rings. The molecule has 0 heterocycles. The third-order valence-corrected chi connectivity index (χ3v) is 8.35. The molecule has 0 unspecified atom stereocenters. The van der Waals surface area contributed by atoms with Crippen molar-refractivity contribution in [1.29, 1.82) is 0 Å². The Labute approximate surface area is 246 Å². The van der Waals surface area contributed by atoms with Gasteiger partial charge in [-0.1, -0.05) is 200 Å². The van der Waals surface area contributed by atoms with E-state index in [0.717, 1.165) is 19.3 Å².